The van der Waals surface area contributed by atoms with E-state index >= 15 is 0 Å². The first-order valence-electron chi connectivity index (χ1n) is 14.9. The Balaban J connectivity index is 1.57. The molecule has 0 saturated heterocycles. The first kappa shape index (κ1) is 27.2. The van der Waals surface area contributed by atoms with Crippen molar-refractivity contribution in [3.63, 3.8) is 0 Å². The summed E-state index contributed by atoms with van der Waals surface area (Å²) in [7, 11) is 0. The van der Waals surface area contributed by atoms with Gasteiger partial charge in [0.05, 0.1) is 16.8 Å². The second-order valence-electron chi connectivity index (χ2n) is 10.8. The predicted octanol–water partition coefficient (Wildman–Crippen LogP) is 9.71. The monoisotopic (exact) mass is 565 g/mol. The zero-order valence-electron chi connectivity index (χ0n) is 24.6. The first-order chi connectivity index (χ1) is 21.8. The number of nitrogens with zero attached hydrogens (tertiary/aromatic N) is 3. The van der Waals surface area contributed by atoms with Crippen molar-refractivity contribution in [3.05, 3.63) is 193 Å². The number of hydrogen-bond donors (Lipinski definition) is 0. The Kier molecular flexibility index (Phi) is 7.13. The quantitative estimate of drug-likeness (QED) is 0.181. The molecule has 1 aliphatic rings. The molecule has 2 heterocycles. The molecule has 0 aliphatic heterocycles. The molecule has 0 N–H and O–H groups in total. The summed E-state index contributed by atoms with van der Waals surface area (Å²) in [6.45, 7) is 5.97. The van der Waals surface area contributed by atoms with E-state index in [1.807, 2.05) is 55.7 Å². The van der Waals surface area contributed by atoms with E-state index < -0.39 is 5.41 Å². The normalized spacial score (nSPS) is 15.6. The third-order valence-electron chi connectivity index (χ3n) is 8.34. The molecule has 1 unspecified atom stereocenters. The molecule has 6 aromatic rings. The Hall–Kier alpha value is -5.67. The van der Waals surface area contributed by atoms with Crippen LogP contribution < -0.4 is 0 Å². The smallest absolute Gasteiger partial charge is 0.160 e. The van der Waals surface area contributed by atoms with Crippen LogP contribution in [-0.4, -0.2) is 15.0 Å². The molecular formula is C41H31N3. The maximum atomic E-state index is 5.22. The van der Waals surface area contributed by atoms with Gasteiger partial charge in [0, 0.05) is 23.5 Å². The fourth-order valence-corrected chi connectivity index (χ4v) is 6.59. The van der Waals surface area contributed by atoms with Crippen molar-refractivity contribution in [2.24, 2.45) is 0 Å². The Bertz CT molecular complexity index is 1980. The summed E-state index contributed by atoms with van der Waals surface area (Å²) in [5.74, 6) is 0.683. The van der Waals surface area contributed by atoms with Gasteiger partial charge in [-0.25, -0.2) is 9.97 Å². The molecule has 1 aliphatic carbocycles. The van der Waals surface area contributed by atoms with E-state index in [2.05, 4.69) is 115 Å². The van der Waals surface area contributed by atoms with Gasteiger partial charge in [-0.2, -0.15) is 0 Å². The van der Waals surface area contributed by atoms with Crippen LogP contribution in [0.3, 0.4) is 0 Å². The molecule has 2 aromatic heterocycles. The van der Waals surface area contributed by atoms with Gasteiger partial charge in [-0.1, -0.05) is 140 Å². The van der Waals surface area contributed by atoms with Gasteiger partial charge in [-0.05, 0) is 58.0 Å². The van der Waals surface area contributed by atoms with E-state index in [1.54, 1.807) is 6.08 Å². The maximum absolute atomic E-state index is 5.22. The van der Waals surface area contributed by atoms with Crippen molar-refractivity contribution in [3.8, 4) is 33.8 Å². The van der Waals surface area contributed by atoms with E-state index in [1.165, 1.54) is 27.8 Å². The van der Waals surface area contributed by atoms with Gasteiger partial charge in [0.1, 0.15) is 0 Å². The van der Waals surface area contributed by atoms with E-state index in [9.17, 15) is 0 Å². The summed E-state index contributed by atoms with van der Waals surface area (Å²) in [5.41, 5.74) is 11.4. The van der Waals surface area contributed by atoms with Crippen LogP contribution in [0.4, 0.5) is 0 Å². The van der Waals surface area contributed by atoms with Crippen LogP contribution in [0, 0.1) is 0 Å². The number of aromatic nitrogens is 3. The topological polar surface area (TPSA) is 38.7 Å². The van der Waals surface area contributed by atoms with Crippen LogP contribution in [0.15, 0.2) is 165 Å². The van der Waals surface area contributed by atoms with Crippen molar-refractivity contribution < 1.29 is 0 Å². The lowest BCUT2D eigenvalue weighted by Crippen LogP contribution is -2.28. The molecule has 0 radical (unpaired) electrons. The van der Waals surface area contributed by atoms with Gasteiger partial charge in [0.2, 0.25) is 0 Å². The molecule has 4 aromatic carbocycles. The summed E-state index contributed by atoms with van der Waals surface area (Å²) >= 11 is 0. The zero-order chi connectivity index (χ0) is 29.9. The minimum Gasteiger partial charge on any atom is -0.264 e. The lowest BCUT2D eigenvalue weighted by molar-refractivity contribution is 0.763. The third kappa shape index (κ3) is 4.42. The van der Waals surface area contributed by atoms with Gasteiger partial charge in [0.25, 0.3) is 0 Å². The third-order valence-corrected chi connectivity index (χ3v) is 8.34. The van der Waals surface area contributed by atoms with Gasteiger partial charge in [-0.15, -0.1) is 0 Å². The van der Waals surface area contributed by atoms with Crippen molar-refractivity contribution in [1.82, 2.24) is 15.0 Å². The number of allylic oxidation sites excluding steroid dienone is 5. The molecule has 0 amide bonds. The molecule has 1 atom stereocenters. The molecule has 7 rings (SSSR count). The first-order valence-corrected chi connectivity index (χ1v) is 14.9. The SMILES string of the molecule is C=C/C=C(\C=C/C)c1cc(-c2cccc3c2-c2ccccc2C3(c2ccccc2)c2cccnc2)nc(-c2ccccc2)n1. The maximum Gasteiger partial charge on any atom is 0.160 e. The summed E-state index contributed by atoms with van der Waals surface area (Å²) in [4.78, 5) is 14.9. The molecule has 0 spiro atoms. The second kappa shape index (κ2) is 11.5. The van der Waals surface area contributed by atoms with Gasteiger partial charge >= 0.3 is 0 Å². The Labute approximate surface area is 258 Å². The molecule has 3 nitrogen and oxygen atoms in total. The van der Waals surface area contributed by atoms with E-state index in [-0.39, 0.29) is 0 Å². The fraction of sp³-hybridized carbons (Fsp3) is 0.0488. The van der Waals surface area contributed by atoms with Crippen molar-refractivity contribution in [1.29, 1.82) is 0 Å². The van der Waals surface area contributed by atoms with E-state index in [0.29, 0.717) is 5.82 Å². The second-order valence-corrected chi connectivity index (χ2v) is 10.8. The number of pyridine rings is 1. The Morgan fingerprint density at radius 3 is 2.16 bits per heavy atom. The van der Waals surface area contributed by atoms with Crippen LogP contribution in [0.5, 0.6) is 0 Å². The van der Waals surface area contributed by atoms with Crippen molar-refractivity contribution in [2.45, 2.75) is 12.3 Å². The van der Waals surface area contributed by atoms with Gasteiger partial charge in [0.15, 0.2) is 5.82 Å². The molecule has 0 bridgehead atoms. The summed E-state index contributed by atoms with van der Waals surface area (Å²) in [5, 5.41) is 0. The number of rotatable bonds is 7. The highest BCUT2D eigenvalue weighted by Crippen LogP contribution is 2.58. The lowest BCUT2D eigenvalue weighted by atomic mass is 9.68. The molecule has 3 heteroatoms. The van der Waals surface area contributed by atoms with Crippen LogP contribution >= 0.6 is 0 Å². The van der Waals surface area contributed by atoms with Gasteiger partial charge in [-0.3, -0.25) is 4.98 Å². The number of hydrogen-bond acceptors (Lipinski definition) is 3. The highest BCUT2D eigenvalue weighted by atomic mass is 14.9. The van der Waals surface area contributed by atoms with Crippen LogP contribution in [0.2, 0.25) is 0 Å². The minimum atomic E-state index is -0.533. The van der Waals surface area contributed by atoms with Crippen LogP contribution in [0.1, 0.15) is 34.9 Å². The summed E-state index contributed by atoms with van der Waals surface area (Å²) in [6.07, 6.45) is 11.7. The highest BCUT2D eigenvalue weighted by molar-refractivity contribution is 5.95. The molecule has 44 heavy (non-hydrogen) atoms. The largest absolute Gasteiger partial charge is 0.264 e. The van der Waals surface area contributed by atoms with E-state index in [4.69, 9.17) is 9.97 Å². The predicted molar refractivity (Wildman–Crippen MR) is 181 cm³/mol. The molecule has 0 fully saturated rings. The number of fused-ring (bicyclic) bond motifs is 3. The van der Waals surface area contributed by atoms with Crippen LogP contribution in [-0.2, 0) is 5.41 Å². The van der Waals surface area contributed by atoms with E-state index in [0.717, 1.165) is 33.7 Å². The Morgan fingerprint density at radius 2 is 1.41 bits per heavy atom. The average molecular weight is 566 g/mol. The zero-order valence-corrected chi connectivity index (χ0v) is 24.6. The lowest BCUT2D eigenvalue weighted by Gasteiger charge is -2.33. The standard InChI is InChI=1S/C41H31N3/c1-3-15-29(16-4-2)37-27-38(44-40(43-37)30-17-7-5-8-18-30)34-23-13-25-36-39(34)33-22-11-12-24-35(33)41(36,31-19-9-6-10-20-31)32-21-14-26-42-28-32/h3-28H,1H2,2H3/b16-4-,29-15+. The average Bonchev–Trinajstić information content (AvgIpc) is 3.40. The Morgan fingerprint density at radius 1 is 0.705 bits per heavy atom. The van der Waals surface area contributed by atoms with Crippen molar-refractivity contribution >= 4 is 5.57 Å². The summed E-state index contributed by atoms with van der Waals surface area (Å²) < 4.78 is 0. The highest BCUT2D eigenvalue weighted by Gasteiger charge is 2.47. The molecule has 0 saturated carbocycles. The fourth-order valence-electron chi connectivity index (χ4n) is 6.59. The minimum absolute atomic E-state index is 0.533. The summed E-state index contributed by atoms with van der Waals surface area (Å²) in [6, 6.07) is 42.6. The van der Waals surface area contributed by atoms with Crippen molar-refractivity contribution in [2.75, 3.05) is 0 Å². The number of benzene rings is 4. The van der Waals surface area contributed by atoms with Gasteiger partial charge < -0.3 is 0 Å². The van der Waals surface area contributed by atoms with Crippen LogP contribution in [0.25, 0.3) is 39.3 Å². The molecule has 210 valence electrons. The molecular weight excluding hydrogens is 534 g/mol.